The number of rotatable bonds is 3. The predicted molar refractivity (Wildman–Crippen MR) is 116 cm³/mol. The van der Waals surface area contributed by atoms with E-state index in [-0.39, 0.29) is 36.4 Å². The molecule has 158 valence electrons. The number of hydrogen-bond acceptors (Lipinski definition) is 4. The van der Waals surface area contributed by atoms with Crippen LogP contribution in [0.25, 0.3) is 0 Å². The van der Waals surface area contributed by atoms with E-state index in [1.807, 2.05) is 6.33 Å². The number of amides is 1. The molecule has 1 atom stereocenters. The third-order valence-electron chi connectivity index (χ3n) is 6.38. The molecule has 1 aromatic heterocycles. The number of nitrogens with one attached hydrogen (secondary N) is 2. The van der Waals surface area contributed by atoms with Crippen molar-refractivity contribution >= 4 is 30.7 Å². The Morgan fingerprint density at radius 1 is 1.29 bits per heavy atom. The van der Waals surface area contributed by atoms with Crippen LogP contribution < -0.4 is 5.32 Å². The molecule has 4 rings (SSSR count). The highest BCUT2D eigenvalue weighted by Crippen LogP contribution is 2.42. The zero-order valence-electron chi connectivity index (χ0n) is 16.9. The lowest BCUT2D eigenvalue weighted by Gasteiger charge is -2.50. The van der Waals surface area contributed by atoms with Crippen molar-refractivity contribution in [2.45, 2.75) is 57.5 Å². The van der Waals surface area contributed by atoms with Gasteiger partial charge in [0.1, 0.15) is 0 Å². The van der Waals surface area contributed by atoms with Crippen molar-refractivity contribution < 1.29 is 4.79 Å². The Balaban J connectivity index is 0.00000140. The van der Waals surface area contributed by atoms with Crippen molar-refractivity contribution in [1.82, 2.24) is 25.1 Å². The van der Waals surface area contributed by atoms with Gasteiger partial charge in [-0.15, -0.1) is 24.8 Å². The molecule has 0 saturated carbocycles. The van der Waals surface area contributed by atoms with Crippen LogP contribution in [-0.2, 0) is 16.8 Å². The number of nitrogens with zero attached hydrogens (tertiary/aromatic N) is 3. The SMILES string of the molecule is CC(C)=CCN1CCc2[nH]cnc2C12CCN(C(=O)C1CCCN1)CC2.Cl.Cl. The number of fused-ring (bicyclic) bond motifs is 2. The lowest BCUT2D eigenvalue weighted by molar-refractivity contribution is -0.136. The van der Waals surface area contributed by atoms with E-state index in [0.29, 0.717) is 5.91 Å². The number of carbonyl (C=O) groups excluding carboxylic acids is 1. The number of imidazole rings is 1. The molecule has 0 radical (unpaired) electrons. The summed E-state index contributed by atoms with van der Waals surface area (Å²) in [6, 6.07) is 0.0399. The van der Waals surface area contributed by atoms with Gasteiger partial charge in [-0.3, -0.25) is 9.69 Å². The Hall–Kier alpha value is -1.08. The van der Waals surface area contributed by atoms with Crippen LogP contribution in [0.4, 0.5) is 0 Å². The summed E-state index contributed by atoms with van der Waals surface area (Å²) in [5.74, 6) is 0.297. The monoisotopic (exact) mass is 429 g/mol. The summed E-state index contributed by atoms with van der Waals surface area (Å²) in [4.78, 5) is 25.5. The van der Waals surface area contributed by atoms with Gasteiger partial charge in [-0.2, -0.15) is 0 Å². The van der Waals surface area contributed by atoms with Gasteiger partial charge in [-0.05, 0) is 46.1 Å². The summed E-state index contributed by atoms with van der Waals surface area (Å²) in [6.07, 6.45) is 9.23. The minimum absolute atomic E-state index is 0. The number of halogens is 2. The van der Waals surface area contributed by atoms with Gasteiger partial charge in [-0.1, -0.05) is 11.6 Å². The maximum Gasteiger partial charge on any atom is 0.239 e. The predicted octanol–water partition coefficient (Wildman–Crippen LogP) is 2.65. The van der Waals surface area contributed by atoms with E-state index in [0.717, 1.165) is 64.8 Å². The van der Waals surface area contributed by atoms with E-state index in [4.69, 9.17) is 4.98 Å². The van der Waals surface area contributed by atoms with Gasteiger partial charge in [0.15, 0.2) is 0 Å². The Morgan fingerprint density at radius 2 is 2.04 bits per heavy atom. The molecule has 1 aromatic rings. The number of allylic oxidation sites excluding steroid dienone is 1. The van der Waals surface area contributed by atoms with Crippen LogP contribution in [0.2, 0.25) is 0 Å². The quantitative estimate of drug-likeness (QED) is 0.724. The molecule has 0 bridgehead atoms. The van der Waals surface area contributed by atoms with Crippen molar-refractivity contribution in [3.8, 4) is 0 Å². The number of aromatic amines is 1. The van der Waals surface area contributed by atoms with Gasteiger partial charge < -0.3 is 15.2 Å². The molecule has 3 aliphatic rings. The largest absolute Gasteiger partial charge is 0.348 e. The molecule has 6 nitrogen and oxygen atoms in total. The number of hydrogen-bond donors (Lipinski definition) is 2. The molecular formula is C20H33Cl2N5O. The molecule has 1 spiro atoms. The van der Waals surface area contributed by atoms with Crippen LogP contribution in [0.3, 0.4) is 0 Å². The van der Waals surface area contributed by atoms with Crippen LogP contribution in [0.1, 0.15) is 50.9 Å². The zero-order chi connectivity index (χ0) is 18.1. The molecule has 3 aliphatic heterocycles. The van der Waals surface area contributed by atoms with Crippen LogP contribution in [0.15, 0.2) is 18.0 Å². The molecule has 28 heavy (non-hydrogen) atoms. The molecule has 2 saturated heterocycles. The summed E-state index contributed by atoms with van der Waals surface area (Å²) >= 11 is 0. The molecule has 2 fully saturated rings. The van der Waals surface area contributed by atoms with E-state index < -0.39 is 0 Å². The van der Waals surface area contributed by atoms with Gasteiger partial charge in [0.05, 0.1) is 23.6 Å². The van der Waals surface area contributed by atoms with Crippen molar-refractivity contribution in [2.75, 3.05) is 32.7 Å². The summed E-state index contributed by atoms with van der Waals surface area (Å²) in [5.41, 5.74) is 3.83. The van der Waals surface area contributed by atoms with Crippen LogP contribution >= 0.6 is 24.8 Å². The minimum atomic E-state index is -0.0284. The van der Waals surface area contributed by atoms with Crippen LogP contribution in [0, 0.1) is 0 Å². The first-order chi connectivity index (χ1) is 12.6. The molecule has 8 heteroatoms. The minimum Gasteiger partial charge on any atom is -0.348 e. The summed E-state index contributed by atoms with van der Waals surface area (Å²) in [7, 11) is 0. The van der Waals surface area contributed by atoms with Crippen molar-refractivity contribution in [2.24, 2.45) is 0 Å². The fraction of sp³-hybridized carbons (Fsp3) is 0.700. The fourth-order valence-corrected chi connectivity index (χ4v) is 4.85. The third-order valence-corrected chi connectivity index (χ3v) is 6.38. The first kappa shape index (κ1) is 23.2. The first-order valence-electron chi connectivity index (χ1n) is 10.0. The van der Waals surface area contributed by atoms with E-state index >= 15 is 0 Å². The number of carbonyl (C=O) groups is 1. The number of piperidine rings is 1. The zero-order valence-corrected chi connectivity index (χ0v) is 18.5. The normalized spacial score (nSPS) is 23.5. The van der Waals surface area contributed by atoms with Crippen molar-refractivity contribution in [3.05, 3.63) is 29.4 Å². The number of likely N-dealkylation sites (tertiary alicyclic amines) is 1. The Labute approximate surface area is 180 Å². The number of H-pyrrole nitrogens is 1. The second-order valence-corrected chi connectivity index (χ2v) is 8.21. The molecule has 4 heterocycles. The smallest absolute Gasteiger partial charge is 0.239 e. The molecule has 1 unspecified atom stereocenters. The van der Waals surface area contributed by atoms with Crippen molar-refractivity contribution in [1.29, 1.82) is 0 Å². The second kappa shape index (κ2) is 9.61. The Kier molecular flexibility index (Phi) is 7.97. The maximum atomic E-state index is 12.8. The molecule has 2 N–H and O–H groups in total. The highest BCUT2D eigenvalue weighted by molar-refractivity contribution is 5.85. The van der Waals surface area contributed by atoms with Gasteiger partial charge in [0, 0.05) is 38.3 Å². The summed E-state index contributed by atoms with van der Waals surface area (Å²) in [6.45, 7) is 8.97. The highest BCUT2D eigenvalue weighted by Gasteiger charge is 2.47. The van der Waals surface area contributed by atoms with Gasteiger partial charge >= 0.3 is 0 Å². The van der Waals surface area contributed by atoms with E-state index in [2.05, 4.69) is 40.0 Å². The lowest BCUT2D eigenvalue weighted by Crippen LogP contribution is -2.58. The van der Waals surface area contributed by atoms with Gasteiger partial charge in [-0.25, -0.2) is 4.98 Å². The van der Waals surface area contributed by atoms with E-state index in [9.17, 15) is 4.79 Å². The average molecular weight is 430 g/mol. The Morgan fingerprint density at radius 3 is 2.68 bits per heavy atom. The standard InChI is InChI=1S/C20H31N5O.2ClH/c1-15(2)5-10-25-11-6-16-18(23-14-22-16)20(25)7-12-24(13-8-20)19(26)17-4-3-9-21-17;;/h5,14,17,21H,3-4,6-13H2,1-2H3,(H,22,23);2*1H. The van der Waals surface area contributed by atoms with Crippen LogP contribution in [0.5, 0.6) is 0 Å². The molecule has 0 aromatic carbocycles. The second-order valence-electron chi connectivity index (χ2n) is 8.21. The Bertz CT molecular complexity index is 687. The first-order valence-corrected chi connectivity index (χ1v) is 10.0. The third kappa shape index (κ3) is 4.25. The highest BCUT2D eigenvalue weighted by atomic mass is 35.5. The van der Waals surface area contributed by atoms with Crippen LogP contribution in [-0.4, -0.2) is 64.4 Å². The van der Waals surface area contributed by atoms with Gasteiger partial charge in [0.2, 0.25) is 5.91 Å². The maximum absolute atomic E-state index is 12.8. The average Bonchev–Trinajstić information content (AvgIpc) is 3.33. The fourth-order valence-electron chi connectivity index (χ4n) is 4.85. The topological polar surface area (TPSA) is 64.3 Å². The molecule has 1 amide bonds. The molecular weight excluding hydrogens is 397 g/mol. The lowest BCUT2D eigenvalue weighted by atomic mass is 9.78. The summed E-state index contributed by atoms with van der Waals surface area (Å²) < 4.78 is 0. The van der Waals surface area contributed by atoms with E-state index in [1.165, 1.54) is 17.0 Å². The summed E-state index contributed by atoms with van der Waals surface area (Å²) in [5, 5.41) is 3.35. The van der Waals surface area contributed by atoms with Crippen molar-refractivity contribution in [3.63, 3.8) is 0 Å². The van der Waals surface area contributed by atoms with Gasteiger partial charge in [0.25, 0.3) is 0 Å². The number of aromatic nitrogens is 2. The molecule has 0 aliphatic carbocycles. The van der Waals surface area contributed by atoms with E-state index in [1.54, 1.807) is 0 Å².